The molecule has 2 aliphatic heterocycles. The lowest BCUT2D eigenvalue weighted by molar-refractivity contribution is -0.144. The predicted molar refractivity (Wildman–Crippen MR) is 125 cm³/mol. The van der Waals surface area contributed by atoms with E-state index in [0.717, 1.165) is 54.2 Å². The zero-order chi connectivity index (χ0) is 22.8. The molecule has 0 spiro atoms. The highest BCUT2D eigenvalue weighted by Crippen LogP contribution is 2.32. The Bertz CT molecular complexity index is 1180. The number of aromatic nitrogens is 2. The number of esters is 1. The molecular weight excluding hydrogens is 422 g/mol. The van der Waals surface area contributed by atoms with Gasteiger partial charge in [0.05, 0.1) is 12.9 Å². The monoisotopic (exact) mass is 449 g/mol. The van der Waals surface area contributed by atoms with Gasteiger partial charge in [-0.3, -0.25) is 9.59 Å². The van der Waals surface area contributed by atoms with Crippen molar-refractivity contribution in [3.63, 3.8) is 0 Å². The third-order valence-corrected chi connectivity index (χ3v) is 6.22. The third-order valence-electron chi connectivity index (χ3n) is 6.22. The van der Waals surface area contributed by atoms with Crippen molar-refractivity contribution in [1.29, 1.82) is 0 Å². The summed E-state index contributed by atoms with van der Waals surface area (Å²) in [5.74, 6) is 1.50. The summed E-state index contributed by atoms with van der Waals surface area (Å²) in [5.41, 5.74) is 4.22. The van der Waals surface area contributed by atoms with Crippen LogP contribution in [0, 0.1) is 5.92 Å². The van der Waals surface area contributed by atoms with Crippen LogP contribution in [-0.4, -0.2) is 41.5 Å². The molecule has 0 bridgehead atoms. The third kappa shape index (κ3) is 4.62. The van der Waals surface area contributed by atoms with E-state index in [-0.39, 0.29) is 11.9 Å². The number of piperidine rings is 1. The number of nitrogens with one attached hydrogen (secondary N) is 2. The Balaban J connectivity index is 1.33. The molecule has 1 aromatic carbocycles. The summed E-state index contributed by atoms with van der Waals surface area (Å²) in [4.78, 5) is 35.0. The molecule has 33 heavy (non-hydrogen) atoms. The summed E-state index contributed by atoms with van der Waals surface area (Å²) < 4.78 is 10.8. The standard InChI is InChI=1S/C24H27N5O4/c1-2-32-21(31)13-15-7-10-29(11-8-15)23-22-19(9-12-33-22)27-24(28-23)25-17-4-5-18-16(14-17)3-6-20(30)26-18/h4-5,9,12,14-15H,2-3,6-8,10-11,13H2,1H3,(H,26,30)(H,25,27,28). The molecule has 172 valence electrons. The molecule has 1 amide bonds. The van der Waals surface area contributed by atoms with Crippen LogP contribution in [0.5, 0.6) is 0 Å². The molecule has 2 aliphatic rings. The Hall–Kier alpha value is -3.62. The van der Waals surface area contributed by atoms with E-state index in [0.29, 0.717) is 43.3 Å². The van der Waals surface area contributed by atoms with Crippen molar-refractivity contribution < 1.29 is 18.7 Å². The number of furan rings is 1. The zero-order valence-electron chi connectivity index (χ0n) is 18.6. The van der Waals surface area contributed by atoms with E-state index < -0.39 is 0 Å². The highest BCUT2D eigenvalue weighted by atomic mass is 16.5. The van der Waals surface area contributed by atoms with Crippen LogP contribution in [0.15, 0.2) is 34.9 Å². The van der Waals surface area contributed by atoms with Gasteiger partial charge in [-0.2, -0.15) is 4.98 Å². The van der Waals surface area contributed by atoms with Crippen LogP contribution in [0.1, 0.15) is 38.2 Å². The van der Waals surface area contributed by atoms with Crippen molar-refractivity contribution in [1.82, 2.24) is 9.97 Å². The molecule has 1 saturated heterocycles. The molecule has 2 aromatic heterocycles. The van der Waals surface area contributed by atoms with Gasteiger partial charge in [-0.15, -0.1) is 0 Å². The highest BCUT2D eigenvalue weighted by molar-refractivity contribution is 5.94. The molecule has 0 aliphatic carbocycles. The molecule has 3 aromatic rings. The number of ether oxygens (including phenoxy) is 1. The quantitative estimate of drug-likeness (QED) is 0.543. The molecule has 5 rings (SSSR count). The van der Waals surface area contributed by atoms with E-state index >= 15 is 0 Å². The van der Waals surface area contributed by atoms with Crippen molar-refractivity contribution in [2.45, 2.75) is 39.0 Å². The Morgan fingerprint density at radius 3 is 2.91 bits per heavy atom. The Morgan fingerprint density at radius 2 is 2.09 bits per heavy atom. The van der Waals surface area contributed by atoms with Crippen LogP contribution >= 0.6 is 0 Å². The smallest absolute Gasteiger partial charge is 0.306 e. The van der Waals surface area contributed by atoms with Gasteiger partial charge in [0.1, 0.15) is 5.52 Å². The molecule has 2 N–H and O–H groups in total. The predicted octanol–water partition coefficient (Wildman–Crippen LogP) is 4.02. The molecule has 9 nitrogen and oxygen atoms in total. The molecule has 4 heterocycles. The second-order valence-corrected chi connectivity index (χ2v) is 8.49. The summed E-state index contributed by atoms with van der Waals surface area (Å²) in [6.45, 7) is 3.82. The maximum Gasteiger partial charge on any atom is 0.306 e. The van der Waals surface area contributed by atoms with Gasteiger partial charge in [0, 0.05) is 43.4 Å². The summed E-state index contributed by atoms with van der Waals surface area (Å²) in [5, 5.41) is 6.21. The minimum absolute atomic E-state index is 0.0487. The van der Waals surface area contributed by atoms with E-state index in [1.165, 1.54) is 0 Å². The summed E-state index contributed by atoms with van der Waals surface area (Å²) >= 11 is 0. The molecule has 0 saturated carbocycles. The zero-order valence-corrected chi connectivity index (χ0v) is 18.6. The van der Waals surface area contributed by atoms with Gasteiger partial charge < -0.3 is 24.7 Å². The number of benzene rings is 1. The van der Waals surface area contributed by atoms with Gasteiger partial charge in [-0.25, -0.2) is 4.98 Å². The van der Waals surface area contributed by atoms with Crippen LogP contribution in [0.3, 0.4) is 0 Å². The van der Waals surface area contributed by atoms with Crippen molar-refractivity contribution in [2.75, 3.05) is 35.2 Å². The molecule has 0 radical (unpaired) electrons. The normalized spacial score (nSPS) is 16.4. The second-order valence-electron chi connectivity index (χ2n) is 8.49. The Kier molecular flexibility index (Phi) is 5.85. The molecule has 1 fully saturated rings. The first-order valence-corrected chi connectivity index (χ1v) is 11.4. The maximum absolute atomic E-state index is 11.8. The first kappa shape index (κ1) is 21.2. The largest absolute Gasteiger partial charge is 0.466 e. The lowest BCUT2D eigenvalue weighted by Gasteiger charge is -2.32. The van der Waals surface area contributed by atoms with Crippen LogP contribution < -0.4 is 15.5 Å². The van der Waals surface area contributed by atoms with Crippen molar-refractivity contribution in [2.24, 2.45) is 5.92 Å². The molecule has 9 heteroatoms. The fraction of sp³-hybridized carbons (Fsp3) is 0.417. The van der Waals surface area contributed by atoms with E-state index in [9.17, 15) is 9.59 Å². The maximum atomic E-state index is 11.8. The summed E-state index contributed by atoms with van der Waals surface area (Å²) in [6.07, 6.45) is 5.08. The van der Waals surface area contributed by atoms with Crippen molar-refractivity contribution >= 4 is 46.1 Å². The Morgan fingerprint density at radius 1 is 1.24 bits per heavy atom. The second kappa shape index (κ2) is 9.09. The lowest BCUT2D eigenvalue weighted by atomic mass is 9.93. The summed E-state index contributed by atoms with van der Waals surface area (Å²) in [7, 11) is 0. The number of hydrogen-bond donors (Lipinski definition) is 2. The average Bonchev–Trinajstić information content (AvgIpc) is 3.28. The van der Waals surface area contributed by atoms with Crippen LogP contribution in [0.2, 0.25) is 0 Å². The number of fused-ring (bicyclic) bond motifs is 2. The molecular formula is C24H27N5O4. The minimum Gasteiger partial charge on any atom is -0.466 e. The van der Waals surface area contributed by atoms with Gasteiger partial charge in [-0.05, 0) is 55.9 Å². The van der Waals surface area contributed by atoms with Gasteiger partial charge in [0.15, 0.2) is 11.4 Å². The van der Waals surface area contributed by atoms with Gasteiger partial charge >= 0.3 is 5.97 Å². The van der Waals surface area contributed by atoms with Crippen LogP contribution in [-0.2, 0) is 20.7 Å². The number of anilines is 4. The molecule has 0 atom stereocenters. The first-order valence-electron chi connectivity index (χ1n) is 11.4. The van der Waals surface area contributed by atoms with E-state index in [4.69, 9.17) is 14.1 Å². The average molecular weight is 450 g/mol. The number of rotatable bonds is 6. The topological polar surface area (TPSA) is 110 Å². The van der Waals surface area contributed by atoms with Gasteiger partial charge in [-0.1, -0.05) is 0 Å². The number of amides is 1. The molecule has 0 unspecified atom stereocenters. The van der Waals surface area contributed by atoms with Gasteiger partial charge in [0.2, 0.25) is 11.9 Å². The van der Waals surface area contributed by atoms with E-state index in [1.54, 1.807) is 6.26 Å². The van der Waals surface area contributed by atoms with E-state index in [2.05, 4.69) is 20.5 Å². The van der Waals surface area contributed by atoms with E-state index in [1.807, 2.05) is 31.2 Å². The Labute approximate surface area is 191 Å². The van der Waals surface area contributed by atoms with Gasteiger partial charge in [0.25, 0.3) is 0 Å². The highest BCUT2D eigenvalue weighted by Gasteiger charge is 2.25. The number of carbonyl (C=O) groups excluding carboxylic acids is 2. The number of hydrogen-bond acceptors (Lipinski definition) is 8. The van der Waals surface area contributed by atoms with Crippen LogP contribution in [0.4, 0.5) is 23.1 Å². The first-order chi connectivity index (χ1) is 16.1. The van der Waals surface area contributed by atoms with Crippen molar-refractivity contribution in [3.05, 3.63) is 36.1 Å². The van der Waals surface area contributed by atoms with Crippen LogP contribution in [0.25, 0.3) is 11.1 Å². The fourth-order valence-electron chi connectivity index (χ4n) is 4.51. The van der Waals surface area contributed by atoms with Crippen molar-refractivity contribution in [3.8, 4) is 0 Å². The number of aryl methyl sites for hydroxylation is 1. The summed E-state index contributed by atoms with van der Waals surface area (Å²) in [6, 6.07) is 7.67. The SMILES string of the molecule is CCOC(=O)CC1CCN(c2nc(Nc3ccc4c(c3)CCC(=O)N4)nc3ccoc23)CC1. The number of carbonyl (C=O) groups is 2. The minimum atomic E-state index is -0.123. The lowest BCUT2D eigenvalue weighted by Crippen LogP contribution is -2.35. The number of nitrogens with zero attached hydrogens (tertiary/aromatic N) is 3. The fourth-order valence-corrected chi connectivity index (χ4v) is 4.51.